The summed E-state index contributed by atoms with van der Waals surface area (Å²) in [5, 5.41) is 5.07. The summed E-state index contributed by atoms with van der Waals surface area (Å²) in [6.07, 6.45) is 1.16. The average Bonchev–Trinajstić information content (AvgIpc) is 2.54. The van der Waals surface area contributed by atoms with Gasteiger partial charge in [0, 0.05) is 12.0 Å². The number of aromatic nitrogens is 2. The largest absolute Gasteiger partial charge is 0.299 e. The molecule has 0 aliphatic heterocycles. The van der Waals surface area contributed by atoms with Crippen LogP contribution in [0, 0.1) is 5.41 Å². The van der Waals surface area contributed by atoms with E-state index in [-0.39, 0.29) is 11.2 Å². The Bertz CT molecular complexity index is 416. The Morgan fingerprint density at radius 2 is 1.94 bits per heavy atom. The molecule has 0 radical (unpaired) electrons. The number of rotatable bonds is 4. The lowest BCUT2D eigenvalue weighted by molar-refractivity contribution is -0.125. The topological polar surface area (TPSA) is 34.9 Å². The van der Waals surface area contributed by atoms with Gasteiger partial charge < -0.3 is 0 Å². The lowest BCUT2D eigenvalue weighted by Gasteiger charge is -2.16. The molecule has 0 aliphatic carbocycles. The number of aryl methyl sites for hydroxylation is 2. The summed E-state index contributed by atoms with van der Waals surface area (Å²) in [5.41, 5.74) is 1.40. The quantitative estimate of drug-likeness (QED) is 0.829. The van der Waals surface area contributed by atoms with Crippen molar-refractivity contribution >= 4 is 17.4 Å². The Morgan fingerprint density at radius 3 is 2.35 bits per heavy atom. The van der Waals surface area contributed by atoms with Crippen LogP contribution in [0.5, 0.6) is 0 Å². The van der Waals surface area contributed by atoms with Crippen molar-refractivity contribution in [2.45, 2.75) is 54.0 Å². The van der Waals surface area contributed by atoms with Gasteiger partial charge >= 0.3 is 0 Å². The summed E-state index contributed by atoms with van der Waals surface area (Å²) < 4.78 is 1.84. The molecule has 0 unspecified atom stereocenters. The second-order valence-corrected chi connectivity index (χ2v) is 5.60. The molecule has 1 aromatic heterocycles. The Hall–Kier alpha value is -0.830. The van der Waals surface area contributed by atoms with E-state index in [4.69, 9.17) is 11.6 Å². The lowest BCUT2D eigenvalue weighted by atomic mass is 9.88. The highest BCUT2D eigenvalue weighted by molar-refractivity contribution is 6.32. The Labute approximate surface area is 108 Å². The molecule has 0 saturated carbocycles. The van der Waals surface area contributed by atoms with Crippen molar-refractivity contribution in [1.82, 2.24) is 9.78 Å². The van der Waals surface area contributed by atoms with Crippen molar-refractivity contribution in [2.24, 2.45) is 5.41 Å². The van der Waals surface area contributed by atoms with Crippen LogP contribution < -0.4 is 0 Å². The number of ketones is 1. The summed E-state index contributed by atoms with van der Waals surface area (Å²) >= 11 is 6.27. The van der Waals surface area contributed by atoms with E-state index in [9.17, 15) is 4.79 Å². The number of halogens is 1. The number of Topliss-reactive ketones (excluding diaryl/α,β-unsaturated/α-hetero) is 1. The van der Waals surface area contributed by atoms with Crippen LogP contribution in [0.15, 0.2) is 0 Å². The van der Waals surface area contributed by atoms with Gasteiger partial charge in [-0.15, -0.1) is 0 Å². The van der Waals surface area contributed by atoms with E-state index >= 15 is 0 Å². The van der Waals surface area contributed by atoms with Gasteiger partial charge in [-0.3, -0.25) is 9.48 Å². The normalized spacial score (nSPS) is 11.9. The highest BCUT2D eigenvalue weighted by atomic mass is 35.5. The molecule has 0 aromatic carbocycles. The molecule has 0 spiro atoms. The van der Waals surface area contributed by atoms with Crippen molar-refractivity contribution in [3.63, 3.8) is 0 Å². The molecule has 1 aromatic rings. The van der Waals surface area contributed by atoms with Gasteiger partial charge in [0.05, 0.1) is 22.8 Å². The van der Waals surface area contributed by atoms with Crippen LogP contribution >= 0.6 is 11.6 Å². The maximum absolute atomic E-state index is 12.1. The molecular formula is C13H21ClN2O. The molecule has 1 heterocycles. The summed E-state index contributed by atoms with van der Waals surface area (Å²) in [6, 6.07) is 0. The molecule has 0 aliphatic rings. The predicted molar refractivity (Wildman–Crippen MR) is 70.5 cm³/mol. The molecule has 0 saturated heterocycles. The number of hydrogen-bond donors (Lipinski definition) is 0. The third kappa shape index (κ3) is 3.09. The van der Waals surface area contributed by atoms with E-state index in [0.29, 0.717) is 11.4 Å². The van der Waals surface area contributed by atoms with Gasteiger partial charge in [-0.1, -0.05) is 39.3 Å². The van der Waals surface area contributed by atoms with Crippen molar-refractivity contribution in [3.05, 3.63) is 16.4 Å². The minimum absolute atomic E-state index is 0.191. The zero-order valence-electron chi connectivity index (χ0n) is 11.3. The fraction of sp³-hybridized carbons (Fsp3) is 0.692. The maximum Gasteiger partial charge on any atom is 0.144 e. The Morgan fingerprint density at radius 1 is 1.35 bits per heavy atom. The fourth-order valence-corrected chi connectivity index (χ4v) is 1.94. The molecular weight excluding hydrogens is 236 g/mol. The molecule has 1 rings (SSSR count). The fourth-order valence-electron chi connectivity index (χ4n) is 1.60. The standard InChI is InChI=1S/C13H21ClN2O/c1-6-9-12(14)10(16(7-2)15-9)8-11(17)13(3,4)5/h6-8H2,1-5H3. The molecule has 4 heteroatoms. The molecule has 96 valence electrons. The van der Waals surface area contributed by atoms with Crippen molar-refractivity contribution in [3.8, 4) is 0 Å². The number of nitrogens with zero attached hydrogens (tertiary/aromatic N) is 2. The van der Waals surface area contributed by atoms with Gasteiger partial charge in [0.15, 0.2) is 0 Å². The van der Waals surface area contributed by atoms with Crippen LogP contribution in [0.25, 0.3) is 0 Å². The third-order valence-corrected chi connectivity index (χ3v) is 3.29. The van der Waals surface area contributed by atoms with Crippen molar-refractivity contribution < 1.29 is 4.79 Å². The van der Waals surface area contributed by atoms with E-state index in [1.807, 2.05) is 39.3 Å². The first-order chi connectivity index (χ1) is 7.81. The highest BCUT2D eigenvalue weighted by Crippen LogP contribution is 2.25. The maximum atomic E-state index is 12.1. The SMILES string of the molecule is CCc1nn(CC)c(CC(=O)C(C)(C)C)c1Cl. The third-order valence-electron chi connectivity index (χ3n) is 2.86. The minimum Gasteiger partial charge on any atom is -0.299 e. The molecule has 0 fully saturated rings. The van der Waals surface area contributed by atoms with Gasteiger partial charge in [0.2, 0.25) is 0 Å². The predicted octanol–water partition coefficient (Wildman–Crippen LogP) is 3.28. The van der Waals surface area contributed by atoms with Crippen LogP contribution in [-0.4, -0.2) is 15.6 Å². The first-order valence-corrected chi connectivity index (χ1v) is 6.46. The lowest BCUT2D eigenvalue weighted by Crippen LogP contribution is -2.23. The molecule has 0 atom stereocenters. The van der Waals surface area contributed by atoms with Crippen molar-refractivity contribution in [2.75, 3.05) is 0 Å². The highest BCUT2D eigenvalue weighted by Gasteiger charge is 2.25. The first-order valence-electron chi connectivity index (χ1n) is 6.08. The monoisotopic (exact) mass is 256 g/mol. The van der Waals surface area contributed by atoms with Gasteiger partial charge in [-0.25, -0.2) is 0 Å². The van der Waals surface area contributed by atoms with E-state index in [1.165, 1.54) is 0 Å². The second kappa shape index (κ2) is 5.21. The average molecular weight is 257 g/mol. The molecule has 0 bridgehead atoms. The number of carbonyl (C=O) groups is 1. The van der Waals surface area contributed by atoms with Gasteiger partial charge in [-0.2, -0.15) is 5.10 Å². The number of carbonyl (C=O) groups excluding carboxylic acids is 1. The zero-order valence-corrected chi connectivity index (χ0v) is 12.1. The second-order valence-electron chi connectivity index (χ2n) is 5.23. The summed E-state index contributed by atoms with van der Waals surface area (Å²) in [5.74, 6) is 0.191. The van der Waals surface area contributed by atoms with Crippen LogP contribution in [-0.2, 0) is 24.2 Å². The van der Waals surface area contributed by atoms with Crippen LogP contribution in [0.1, 0.15) is 46.0 Å². The summed E-state index contributed by atoms with van der Waals surface area (Å²) in [4.78, 5) is 12.1. The van der Waals surface area contributed by atoms with Crippen LogP contribution in [0.2, 0.25) is 5.02 Å². The zero-order chi connectivity index (χ0) is 13.2. The van der Waals surface area contributed by atoms with E-state index in [2.05, 4.69) is 5.10 Å². The van der Waals surface area contributed by atoms with Crippen LogP contribution in [0.3, 0.4) is 0 Å². The Kier molecular flexibility index (Phi) is 4.36. The molecule has 0 amide bonds. The smallest absolute Gasteiger partial charge is 0.144 e. The van der Waals surface area contributed by atoms with Crippen LogP contribution in [0.4, 0.5) is 0 Å². The molecule has 17 heavy (non-hydrogen) atoms. The van der Waals surface area contributed by atoms with E-state index in [1.54, 1.807) is 0 Å². The first kappa shape index (κ1) is 14.2. The summed E-state index contributed by atoms with van der Waals surface area (Å²) in [6.45, 7) is 10.5. The van der Waals surface area contributed by atoms with Crippen molar-refractivity contribution in [1.29, 1.82) is 0 Å². The van der Waals surface area contributed by atoms with Gasteiger partial charge in [0.1, 0.15) is 5.78 Å². The Balaban J connectivity index is 3.05. The van der Waals surface area contributed by atoms with Gasteiger partial charge in [-0.05, 0) is 13.3 Å². The molecule has 0 N–H and O–H groups in total. The summed E-state index contributed by atoms with van der Waals surface area (Å²) in [7, 11) is 0. The van der Waals surface area contributed by atoms with Gasteiger partial charge in [0.25, 0.3) is 0 Å². The number of hydrogen-bond acceptors (Lipinski definition) is 2. The van der Waals surface area contributed by atoms with E-state index < -0.39 is 0 Å². The van der Waals surface area contributed by atoms with E-state index in [0.717, 1.165) is 24.4 Å². The minimum atomic E-state index is -0.335. The molecule has 3 nitrogen and oxygen atoms in total.